The molecule has 0 aliphatic carbocycles. The minimum absolute atomic E-state index is 0.270. The normalized spacial score (nSPS) is 10.5. The highest BCUT2D eigenvalue weighted by molar-refractivity contribution is 5.45. The monoisotopic (exact) mass is 188 g/mol. The second kappa shape index (κ2) is 3.97. The number of anilines is 2. The molecule has 0 aromatic carbocycles. The van der Waals surface area contributed by atoms with Crippen molar-refractivity contribution >= 4 is 11.6 Å². The molecule has 0 saturated heterocycles. The van der Waals surface area contributed by atoms with Crippen LogP contribution in [-0.2, 0) is 0 Å². The first-order valence-electron chi connectivity index (χ1n) is 3.66. The second-order valence-corrected chi connectivity index (χ2v) is 2.57. The Hall–Kier alpha value is -1.46. The van der Waals surface area contributed by atoms with Gasteiger partial charge in [-0.05, 0) is 0 Å². The summed E-state index contributed by atoms with van der Waals surface area (Å²) < 4.78 is 23.9. The van der Waals surface area contributed by atoms with Gasteiger partial charge < -0.3 is 10.6 Å². The molecule has 0 bridgehead atoms. The van der Waals surface area contributed by atoms with Crippen LogP contribution in [-0.4, -0.2) is 30.0 Å². The van der Waals surface area contributed by atoms with Crippen molar-refractivity contribution in [2.24, 2.45) is 0 Å². The minimum atomic E-state index is -2.39. The van der Waals surface area contributed by atoms with Crippen molar-refractivity contribution in [3.05, 3.63) is 12.4 Å². The first-order valence-corrected chi connectivity index (χ1v) is 3.66. The number of alkyl halides is 2. The van der Waals surface area contributed by atoms with Gasteiger partial charge >= 0.3 is 0 Å². The number of rotatable bonds is 3. The summed E-state index contributed by atoms with van der Waals surface area (Å²) in [5.74, 6) is 0.666. The maximum absolute atomic E-state index is 12.0. The summed E-state index contributed by atoms with van der Waals surface area (Å²) in [5.41, 5.74) is 5.36. The first kappa shape index (κ1) is 9.63. The Morgan fingerprint density at radius 1 is 1.54 bits per heavy atom. The Labute approximate surface area is 74.4 Å². The third-order valence-corrected chi connectivity index (χ3v) is 1.48. The van der Waals surface area contributed by atoms with Crippen LogP contribution >= 0.6 is 0 Å². The summed E-state index contributed by atoms with van der Waals surface area (Å²) in [6, 6.07) is 1.45. The number of hydrogen-bond donors (Lipinski definition) is 1. The van der Waals surface area contributed by atoms with E-state index in [1.807, 2.05) is 0 Å². The molecule has 0 aliphatic rings. The Balaban J connectivity index is 2.71. The molecule has 0 radical (unpaired) electrons. The molecule has 2 N–H and O–H groups in total. The zero-order chi connectivity index (χ0) is 9.84. The maximum atomic E-state index is 12.0. The summed E-state index contributed by atoms with van der Waals surface area (Å²) in [5, 5.41) is 0. The highest BCUT2D eigenvalue weighted by Crippen LogP contribution is 2.11. The largest absolute Gasteiger partial charge is 0.384 e. The summed E-state index contributed by atoms with van der Waals surface area (Å²) in [4.78, 5) is 8.77. The number of hydrogen-bond acceptors (Lipinski definition) is 4. The number of nitrogens with zero attached hydrogens (tertiary/aromatic N) is 3. The standard InChI is InChI=1S/C7H10F2N4/c1-13(3-5(8)9)7-2-6(10)11-4-12-7/h2,4-5H,3H2,1H3,(H2,10,11,12). The quantitative estimate of drug-likeness (QED) is 0.760. The van der Waals surface area contributed by atoms with Crippen molar-refractivity contribution in [2.45, 2.75) is 6.43 Å². The van der Waals surface area contributed by atoms with Gasteiger partial charge in [-0.2, -0.15) is 0 Å². The van der Waals surface area contributed by atoms with Crippen LogP contribution in [0.1, 0.15) is 0 Å². The van der Waals surface area contributed by atoms with Crippen LogP contribution in [0.25, 0.3) is 0 Å². The molecule has 0 saturated carbocycles. The predicted octanol–water partition coefficient (Wildman–Crippen LogP) is 0.760. The fraction of sp³-hybridized carbons (Fsp3) is 0.429. The third-order valence-electron chi connectivity index (χ3n) is 1.48. The summed E-state index contributed by atoms with van der Waals surface area (Å²) >= 11 is 0. The van der Waals surface area contributed by atoms with E-state index in [4.69, 9.17) is 5.73 Å². The van der Waals surface area contributed by atoms with Gasteiger partial charge in [-0.15, -0.1) is 0 Å². The average Bonchev–Trinajstić information content (AvgIpc) is 2.03. The molecule has 0 spiro atoms. The lowest BCUT2D eigenvalue weighted by Crippen LogP contribution is -2.25. The van der Waals surface area contributed by atoms with Crippen LogP contribution in [0.5, 0.6) is 0 Å². The first-order chi connectivity index (χ1) is 6.09. The average molecular weight is 188 g/mol. The highest BCUT2D eigenvalue weighted by atomic mass is 19.3. The maximum Gasteiger partial charge on any atom is 0.255 e. The van der Waals surface area contributed by atoms with E-state index in [0.717, 1.165) is 0 Å². The molecule has 13 heavy (non-hydrogen) atoms. The molecule has 6 heteroatoms. The van der Waals surface area contributed by atoms with E-state index in [-0.39, 0.29) is 12.4 Å². The van der Waals surface area contributed by atoms with E-state index >= 15 is 0 Å². The Morgan fingerprint density at radius 3 is 2.77 bits per heavy atom. The minimum Gasteiger partial charge on any atom is -0.384 e. The summed E-state index contributed by atoms with van der Waals surface area (Å²) in [6.07, 6.45) is -1.15. The van der Waals surface area contributed by atoms with Gasteiger partial charge in [-0.3, -0.25) is 0 Å². The van der Waals surface area contributed by atoms with E-state index in [9.17, 15) is 8.78 Å². The second-order valence-electron chi connectivity index (χ2n) is 2.57. The molecule has 0 aliphatic heterocycles. The van der Waals surface area contributed by atoms with Crippen molar-refractivity contribution < 1.29 is 8.78 Å². The van der Waals surface area contributed by atoms with Gasteiger partial charge in [0.1, 0.15) is 18.0 Å². The smallest absolute Gasteiger partial charge is 0.255 e. The van der Waals surface area contributed by atoms with E-state index in [2.05, 4.69) is 9.97 Å². The van der Waals surface area contributed by atoms with Crippen LogP contribution in [0.2, 0.25) is 0 Å². The van der Waals surface area contributed by atoms with Gasteiger partial charge in [0.15, 0.2) is 0 Å². The molecule has 1 aromatic rings. The fourth-order valence-electron chi connectivity index (χ4n) is 0.871. The van der Waals surface area contributed by atoms with Gasteiger partial charge in [0.25, 0.3) is 6.43 Å². The lowest BCUT2D eigenvalue weighted by atomic mass is 10.4. The predicted molar refractivity (Wildman–Crippen MR) is 45.7 cm³/mol. The number of halogens is 2. The van der Waals surface area contributed by atoms with Crippen molar-refractivity contribution in [3.8, 4) is 0 Å². The summed E-state index contributed by atoms with van der Waals surface area (Å²) in [7, 11) is 1.52. The lowest BCUT2D eigenvalue weighted by molar-refractivity contribution is 0.156. The molecule has 4 nitrogen and oxygen atoms in total. The molecule has 72 valence electrons. The SMILES string of the molecule is CN(CC(F)F)c1cc(N)ncn1. The number of nitrogen functional groups attached to an aromatic ring is 1. The zero-order valence-corrected chi connectivity index (χ0v) is 7.11. The van der Waals surface area contributed by atoms with Gasteiger partial charge in [-0.25, -0.2) is 18.7 Å². The lowest BCUT2D eigenvalue weighted by Gasteiger charge is -2.16. The highest BCUT2D eigenvalue weighted by Gasteiger charge is 2.09. The van der Waals surface area contributed by atoms with Crippen molar-refractivity contribution in [1.29, 1.82) is 0 Å². The molecular formula is C7H10F2N4. The molecule has 0 fully saturated rings. The molecule has 1 aromatic heterocycles. The van der Waals surface area contributed by atoms with Gasteiger partial charge in [0.2, 0.25) is 0 Å². The van der Waals surface area contributed by atoms with Crippen LogP contribution in [0, 0.1) is 0 Å². The number of aromatic nitrogens is 2. The molecule has 0 amide bonds. The molecule has 0 atom stereocenters. The Kier molecular flexibility index (Phi) is 2.94. The topological polar surface area (TPSA) is 55.0 Å². The third kappa shape index (κ3) is 2.81. The molecule has 1 rings (SSSR count). The fourth-order valence-corrected chi connectivity index (χ4v) is 0.871. The van der Waals surface area contributed by atoms with E-state index in [0.29, 0.717) is 5.82 Å². The molecular weight excluding hydrogens is 178 g/mol. The Morgan fingerprint density at radius 2 is 2.23 bits per heavy atom. The van der Waals surface area contributed by atoms with Crippen LogP contribution in [0.15, 0.2) is 12.4 Å². The van der Waals surface area contributed by atoms with E-state index in [1.54, 1.807) is 0 Å². The van der Waals surface area contributed by atoms with Gasteiger partial charge in [0.05, 0.1) is 6.54 Å². The van der Waals surface area contributed by atoms with E-state index < -0.39 is 6.43 Å². The zero-order valence-electron chi connectivity index (χ0n) is 7.11. The van der Waals surface area contributed by atoms with Crippen molar-refractivity contribution in [3.63, 3.8) is 0 Å². The number of nitrogens with two attached hydrogens (primary N) is 1. The molecule has 0 unspecified atom stereocenters. The van der Waals surface area contributed by atoms with Gasteiger partial charge in [-0.1, -0.05) is 0 Å². The van der Waals surface area contributed by atoms with E-state index in [1.165, 1.54) is 24.3 Å². The van der Waals surface area contributed by atoms with Gasteiger partial charge in [0, 0.05) is 13.1 Å². The van der Waals surface area contributed by atoms with Crippen LogP contribution < -0.4 is 10.6 Å². The van der Waals surface area contributed by atoms with Crippen molar-refractivity contribution in [1.82, 2.24) is 9.97 Å². The van der Waals surface area contributed by atoms with Crippen molar-refractivity contribution in [2.75, 3.05) is 24.2 Å². The Bertz CT molecular complexity index is 279. The summed E-state index contributed by atoms with van der Waals surface area (Å²) in [6.45, 7) is -0.365. The van der Waals surface area contributed by atoms with Crippen LogP contribution in [0.4, 0.5) is 20.4 Å². The molecule has 1 heterocycles. The van der Waals surface area contributed by atoms with Crippen LogP contribution in [0.3, 0.4) is 0 Å².